The minimum Gasteiger partial charge on any atom is -0.385 e. The van der Waals surface area contributed by atoms with Crippen LogP contribution in [0.1, 0.15) is 24.1 Å². The monoisotopic (exact) mass is 331 g/mol. The number of benzene rings is 1. The molecule has 1 atom stereocenters. The lowest BCUT2D eigenvalue weighted by Gasteiger charge is -2.22. The van der Waals surface area contributed by atoms with Gasteiger partial charge in [0.15, 0.2) is 0 Å². The van der Waals surface area contributed by atoms with Crippen LogP contribution in [0.2, 0.25) is 0 Å². The SMILES string of the molecule is COCCCNC(=O)[C@H]1CCc2[nH]nc(-c3cccc(F)c3)c2C1. The van der Waals surface area contributed by atoms with Crippen molar-refractivity contribution >= 4 is 5.91 Å². The number of H-pyrrole nitrogens is 1. The van der Waals surface area contributed by atoms with Gasteiger partial charge >= 0.3 is 0 Å². The molecule has 0 aliphatic heterocycles. The van der Waals surface area contributed by atoms with Gasteiger partial charge in [-0.3, -0.25) is 9.89 Å². The minimum absolute atomic E-state index is 0.0649. The van der Waals surface area contributed by atoms with Crippen molar-refractivity contribution in [3.05, 3.63) is 41.3 Å². The molecule has 128 valence electrons. The zero-order valence-corrected chi connectivity index (χ0v) is 13.8. The third kappa shape index (κ3) is 3.64. The maximum atomic E-state index is 13.5. The molecule has 0 spiro atoms. The number of aromatic nitrogens is 2. The summed E-state index contributed by atoms with van der Waals surface area (Å²) < 4.78 is 18.5. The summed E-state index contributed by atoms with van der Waals surface area (Å²) in [5.74, 6) is -0.277. The average molecular weight is 331 g/mol. The predicted octanol–water partition coefficient (Wildman–Crippen LogP) is 2.47. The first-order chi connectivity index (χ1) is 11.7. The number of methoxy groups -OCH3 is 1. The van der Waals surface area contributed by atoms with Gasteiger partial charge in [0, 0.05) is 43.0 Å². The van der Waals surface area contributed by atoms with Crippen molar-refractivity contribution in [1.82, 2.24) is 15.5 Å². The van der Waals surface area contributed by atoms with Gasteiger partial charge < -0.3 is 10.1 Å². The standard InChI is InChI=1S/C18H22FN3O2/c1-24-9-3-8-20-18(23)13-6-7-16-15(11-13)17(22-21-16)12-4-2-5-14(19)10-12/h2,4-5,10,13H,3,6-9,11H2,1H3,(H,20,23)(H,21,22)/t13-/m0/s1. The number of carbonyl (C=O) groups is 1. The fourth-order valence-electron chi connectivity index (χ4n) is 3.17. The van der Waals surface area contributed by atoms with E-state index >= 15 is 0 Å². The first kappa shape index (κ1) is 16.6. The van der Waals surface area contributed by atoms with E-state index in [1.807, 2.05) is 6.07 Å². The Labute approximate surface area is 140 Å². The van der Waals surface area contributed by atoms with E-state index in [4.69, 9.17) is 4.74 Å². The fraction of sp³-hybridized carbons (Fsp3) is 0.444. The van der Waals surface area contributed by atoms with Crippen molar-refractivity contribution in [2.45, 2.75) is 25.7 Å². The molecule has 1 aliphatic rings. The maximum absolute atomic E-state index is 13.5. The van der Waals surface area contributed by atoms with E-state index in [2.05, 4.69) is 15.5 Å². The molecule has 1 aliphatic carbocycles. The Balaban J connectivity index is 1.71. The Hall–Kier alpha value is -2.21. The second kappa shape index (κ2) is 7.57. The van der Waals surface area contributed by atoms with E-state index in [9.17, 15) is 9.18 Å². The van der Waals surface area contributed by atoms with Gasteiger partial charge in [-0.1, -0.05) is 12.1 Å². The molecular weight excluding hydrogens is 309 g/mol. The molecule has 1 amide bonds. The van der Waals surface area contributed by atoms with Gasteiger partial charge in [-0.2, -0.15) is 5.10 Å². The van der Waals surface area contributed by atoms with Crippen LogP contribution in [0.15, 0.2) is 24.3 Å². The fourth-order valence-corrected chi connectivity index (χ4v) is 3.17. The van der Waals surface area contributed by atoms with Gasteiger partial charge in [-0.25, -0.2) is 4.39 Å². The van der Waals surface area contributed by atoms with Crippen LogP contribution in [0.3, 0.4) is 0 Å². The smallest absolute Gasteiger partial charge is 0.223 e. The van der Waals surface area contributed by atoms with Crippen molar-refractivity contribution in [2.24, 2.45) is 5.92 Å². The molecular formula is C18H22FN3O2. The molecule has 6 heteroatoms. The van der Waals surface area contributed by atoms with Gasteiger partial charge in [-0.05, 0) is 37.8 Å². The summed E-state index contributed by atoms with van der Waals surface area (Å²) in [5, 5.41) is 10.4. The Morgan fingerprint density at radius 1 is 1.50 bits per heavy atom. The number of aromatic amines is 1. The van der Waals surface area contributed by atoms with Crippen LogP contribution in [-0.2, 0) is 22.4 Å². The second-order valence-electron chi connectivity index (χ2n) is 6.12. The summed E-state index contributed by atoms with van der Waals surface area (Å²) in [6.07, 6.45) is 3.02. The summed E-state index contributed by atoms with van der Waals surface area (Å²) in [5.41, 5.74) is 3.58. The maximum Gasteiger partial charge on any atom is 0.223 e. The number of amides is 1. The van der Waals surface area contributed by atoms with Gasteiger partial charge in [0.25, 0.3) is 0 Å². The van der Waals surface area contributed by atoms with Gasteiger partial charge in [0.2, 0.25) is 5.91 Å². The Kier molecular flexibility index (Phi) is 5.25. The number of fused-ring (bicyclic) bond motifs is 1. The van der Waals surface area contributed by atoms with Crippen LogP contribution >= 0.6 is 0 Å². The number of aryl methyl sites for hydroxylation is 1. The predicted molar refractivity (Wildman–Crippen MR) is 89.0 cm³/mol. The highest BCUT2D eigenvalue weighted by molar-refractivity contribution is 5.80. The Bertz CT molecular complexity index is 714. The first-order valence-corrected chi connectivity index (χ1v) is 8.27. The topological polar surface area (TPSA) is 67.0 Å². The van der Waals surface area contributed by atoms with Crippen molar-refractivity contribution in [1.29, 1.82) is 0 Å². The second-order valence-corrected chi connectivity index (χ2v) is 6.12. The van der Waals surface area contributed by atoms with E-state index in [-0.39, 0.29) is 17.6 Å². The molecule has 0 radical (unpaired) electrons. The summed E-state index contributed by atoms with van der Waals surface area (Å²) in [4.78, 5) is 12.4. The molecule has 0 unspecified atom stereocenters. The number of hydrogen-bond donors (Lipinski definition) is 2. The molecule has 2 aromatic rings. The number of hydrogen-bond acceptors (Lipinski definition) is 3. The van der Waals surface area contributed by atoms with Crippen LogP contribution in [0.25, 0.3) is 11.3 Å². The third-order valence-corrected chi connectivity index (χ3v) is 4.44. The number of nitrogens with zero attached hydrogens (tertiary/aromatic N) is 1. The highest BCUT2D eigenvalue weighted by Gasteiger charge is 2.28. The van der Waals surface area contributed by atoms with Crippen molar-refractivity contribution in [3.8, 4) is 11.3 Å². The third-order valence-electron chi connectivity index (χ3n) is 4.44. The zero-order chi connectivity index (χ0) is 16.9. The normalized spacial score (nSPS) is 16.7. The van der Waals surface area contributed by atoms with E-state index < -0.39 is 0 Å². The van der Waals surface area contributed by atoms with Crippen molar-refractivity contribution in [3.63, 3.8) is 0 Å². The molecule has 0 fully saturated rings. The van der Waals surface area contributed by atoms with Gasteiger partial charge in [0.1, 0.15) is 5.82 Å². The van der Waals surface area contributed by atoms with Crippen LogP contribution in [-0.4, -0.2) is 36.4 Å². The molecule has 5 nitrogen and oxygen atoms in total. The molecule has 24 heavy (non-hydrogen) atoms. The lowest BCUT2D eigenvalue weighted by molar-refractivity contribution is -0.125. The van der Waals surface area contributed by atoms with Crippen molar-refractivity contribution < 1.29 is 13.9 Å². The molecule has 1 aromatic carbocycles. The highest BCUT2D eigenvalue weighted by atomic mass is 19.1. The van der Waals surface area contributed by atoms with E-state index in [1.54, 1.807) is 13.2 Å². The van der Waals surface area contributed by atoms with Crippen LogP contribution in [0, 0.1) is 11.7 Å². The Morgan fingerprint density at radius 2 is 2.38 bits per heavy atom. The van der Waals surface area contributed by atoms with Crippen LogP contribution < -0.4 is 5.32 Å². The quantitative estimate of drug-likeness (QED) is 0.799. The lowest BCUT2D eigenvalue weighted by atomic mass is 9.85. The van der Waals surface area contributed by atoms with Gasteiger partial charge in [0.05, 0.1) is 5.69 Å². The molecule has 3 rings (SSSR count). The van der Waals surface area contributed by atoms with Crippen molar-refractivity contribution in [2.75, 3.05) is 20.3 Å². The lowest BCUT2D eigenvalue weighted by Crippen LogP contribution is -2.34. The average Bonchev–Trinajstić information content (AvgIpc) is 3.01. The summed E-state index contributed by atoms with van der Waals surface area (Å²) in [7, 11) is 1.65. The molecule has 2 N–H and O–H groups in total. The van der Waals surface area contributed by atoms with E-state index in [1.165, 1.54) is 12.1 Å². The largest absolute Gasteiger partial charge is 0.385 e. The highest BCUT2D eigenvalue weighted by Crippen LogP contribution is 2.32. The summed E-state index contributed by atoms with van der Waals surface area (Å²) >= 11 is 0. The van der Waals surface area contributed by atoms with Crippen LogP contribution in [0.4, 0.5) is 4.39 Å². The number of rotatable bonds is 6. The number of ether oxygens (including phenoxy) is 1. The molecule has 0 bridgehead atoms. The molecule has 0 saturated carbocycles. The molecule has 1 heterocycles. The summed E-state index contributed by atoms with van der Waals surface area (Å²) in [6, 6.07) is 6.41. The van der Waals surface area contributed by atoms with Gasteiger partial charge in [-0.15, -0.1) is 0 Å². The van der Waals surface area contributed by atoms with Crippen LogP contribution in [0.5, 0.6) is 0 Å². The first-order valence-electron chi connectivity index (χ1n) is 8.27. The van der Waals surface area contributed by atoms with E-state index in [0.29, 0.717) is 19.6 Å². The van der Waals surface area contributed by atoms with E-state index in [0.717, 1.165) is 41.8 Å². The number of halogens is 1. The minimum atomic E-state index is -0.285. The summed E-state index contributed by atoms with van der Waals surface area (Å²) in [6.45, 7) is 1.26. The number of carbonyl (C=O) groups excluding carboxylic acids is 1. The number of nitrogens with one attached hydrogen (secondary N) is 2. The molecule has 1 aromatic heterocycles. The molecule has 0 saturated heterocycles. The zero-order valence-electron chi connectivity index (χ0n) is 13.8. The Morgan fingerprint density at radius 3 is 3.17 bits per heavy atom.